The fraction of sp³-hybridized carbons (Fsp3) is 0.929. The largest absolute Gasteiger partial charge is 0.379 e. The van der Waals surface area contributed by atoms with Gasteiger partial charge >= 0.3 is 0 Å². The minimum atomic E-state index is -3.09. The lowest BCUT2D eigenvalue weighted by molar-refractivity contribution is 0.115. The van der Waals surface area contributed by atoms with Crippen LogP contribution in [-0.2, 0) is 14.8 Å². The van der Waals surface area contributed by atoms with Crippen molar-refractivity contribution in [1.29, 1.82) is 0 Å². The second kappa shape index (κ2) is 12.3. The Morgan fingerprint density at radius 2 is 2.04 bits per heavy atom. The van der Waals surface area contributed by atoms with Crippen LogP contribution in [0.2, 0.25) is 0 Å². The van der Waals surface area contributed by atoms with E-state index in [9.17, 15) is 8.42 Å². The van der Waals surface area contributed by atoms with Gasteiger partial charge in [0.15, 0.2) is 5.96 Å². The van der Waals surface area contributed by atoms with Crippen LogP contribution < -0.4 is 10.0 Å². The van der Waals surface area contributed by atoms with E-state index in [0.717, 1.165) is 25.0 Å². The van der Waals surface area contributed by atoms with Gasteiger partial charge in [-0.25, -0.2) is 13.1 Å². The maximum atomic E-state index is 11.3. The fourth-order valence-electron chi connectivity index (χ4n) is 1.84. The van der Waals surface area contributed by atoms with Crippen molar-refractivity contribution in [2.45, 2.75) is 26.2 Å². The molecule has 0 heterocycles. The molecule has 0 aromatic carbocycles. The summed E-state index contributed by atoms with van der Waals surface area (Å²) in [5, 5.41) is 3.22. The smallest absolute Gasteiger partial charge is 0.211 e. The quantitative estimate of drug-likeness (QED) is 0.206. The molecule has 0 atom stereocenters. The molecule has 0 aliphatic heterocycles. The van der Waals surface area contributed by atoms with E-state index in [1.54, 1.807) is 14.0 Å². The molecule has 1 aliphatic carbocycles. The van der Waals surface area contributed by atoms with Gasteiger partial charge < -0.3 is 15.0 Å². The van der Waals surface area contributed by atoms with Crippen LogP contribution in [0.1, 0.15) is 26.2 Å². The van der Waals surface area contributed by atoms with Crippen molar-refractivity contribution in [2.24, 2.45) is 10.9 Å². The molecule has 0 aromatic heterocycles. The molecule has 0 radical (unpaired) electrons. The van der Waals surface area contributed by atoms with Gasteiger partial charge in [0.2, 0.25) is 10.0 Å². The van der Waals surface area contributed by atoms with Gasteiger partial charge in [-0.1, -0.05) is 0 Å². The zero-order valence-electron chi connectivity index (χ0n) is 14.4. The molecule has 1 rings (SSSR count). The minimum absolute atomic E-state index is 0. The number of rotatable bonds is 11. The van der Waals surface area contributed by atoms with Gasteiger partial charge in [0, 0.05) is 40.3 Å². The molecule has 0 unspecified atom stereocenters. The summed E-state index contributed by atoms with van der Waals surface area (Å²) in [6, 6.07) is 0. The summed E-state index contributed by atoms with van der Waals surface area (Å²) >= 11 is 0. The van der Waals surface area contributed by atoms with Gasteiger partial charge in [-0.3, -0.25) is 4.99 Å². The van der Waals surface area contributed by atoms with Crippen LogP contribution in [0.15, 0.2) is 4.99 Å². The molecule has 2 N–H and O–H groups in total. The maximum absolute atomic E-state index is 11.3. The van der Waals surface area contributed by atoms with Crippen molar-refractivity contribution in [1.82, 2.24) is 14.9 Å². The molecule has 0 spiro atoms. The zero-order valence-corrected chi connectivity index (χ0v) is 17.5. The lowest BCUT2D eigenvalue weighted by Gasteiger charge is -2.22. The van der Waals surface area contributed by atoms with E-state index in [1.807, 2.05) is 11.9 Å². The molecular weight excluding hydrogens is 431 g/mol. The Hall–Kier alpha value is -0.130. The molecule has 0 aromatic rings. The first-order valence-corrected chi connectivity index (χ1v) is 9.60. The molecule has 23 heavy (non-hydrogen) atoms. The molecule has 0 saturated heterocycles. The van der Waals surface area contributed by atoms with E-state index in [-0.39, 0.29) is 29.7 Å². The van der Waals surface area contributed by atoms with Crippen LogP contribution >= 0.6 is 24.0 Å². The normalized spacial score (nSPS) is 15.2. The Bertz CT molecular complexity index is 441. The van der Waals surface area contributed by atoms with Crippen LogP contribution in [0, 0.1) is 5.92 Å². The number of likely N-dealkylation sites (N-methyl/N-ethyl adjacent to an activating group) is 1. The molecule has 138 valence electrons. The monoisotopic (exact) mass is 462 g/mol. The molecule has 1 saturated carbocycles. The highest BCUT2D eigenvalue weighted by Gasteiger charge is 2.21. The molecule has 0 amide bonds. The van der Waals surface area contributed by atoms with E-state index < -0.39 is 10.0 Å². The summed E-state index contributed by atoms with van der Waals surface area (Å²) in [4.78, 5) is 6.23. The number of hydrogen-bond acceptors (Lipinski definition) is 4. The number of halogens is 1. The van der Waals surface area contributed by atoms with E-state index in [2.05, 4.69) is 15.0 Å². The van der Waals surface area contributed by atoms with Crippen molar-refractivity contribution in [3.05, 3.63) is 0 Å². The summed E-state index contributed by atoms with van der Waals surface area (Å²) in [6.07, 6.45) is 3.33. The Morgan fingerprint density at radius 1 is 1.35 bits per heavy atom. The molecular formula is C14H31IN4O3S. The third-order valence-corrected chi connectivity index (χ3v) is 4.94. The van der Waals surface area contributed by atoms with Crippen LogP contribution in [0.4, 0.5) is 0 Å². The SMILES string of the molecule is CCS(=O)(=O)NCCCNC(=NC)N(C)CCOCC1CC1.I. The van der Waals surface area contributed by atoms with Crippen LogP contribution in [0.25, 0.3) is 0 Å². The van der Waals surface area contributed by atoms with E-state index in [4.69, 9.17) is 4.74 Å². The summed E-state index contributed by atoms with van der Waals surface area (Å²) in [7, 11) is 0.614. The molecule has 1 fully saturated rings. The van der Waals surface area contributed by atoms with Gasteiger partial charge in [0.05, 0.1) is 12.4 Å². The van der Waals surface area contributed by atoms with Gasteiger partial charge in [0.1, 0.15) is 0 Å². The highest BCUT2D eigenvalue weighted by atomic mass is 127. The third kappa shape index (κ3) is 11.1. The summed E-state index contributed by atoms with van der Waals surface area (Å²) in [5.74, 6) is 1.70. The topological polar surface area (TPSA) is 83.0 Å². The van der Waals surface area contributed by atoms with Crippen LogP contribution in [-0.4, -0.2) is 72.0 Å². The zero-order chi connectivity index (χ0) is 16.4. The Balaban J connectivity index is 0.00000484. The summed E-state index contributed by atoms with van der Waals surface area (Å²) in [6.45, 7) is 5.10. The number of nitrogens with zero attached hydrogens (tertiary/aromatic N) is 2. The molecule has 9 heteroatoms. The van der Waals surface area contributed by atoms with E-state index in [0.29, 0.717) is 26.1 Å². The van der Waals surface area contributed by atoms with Crippen molar-refractivity contribution < 1.29 is 13.2 Å². The average molecular weight is 462 g/mol. The van der Waals surface area contributed by atoms with Crippen LogP contribution in [0.3, 0.4) is 0 Å². The Morgan fingerprint density at radius 3 is 2.61 bits per heavy atom. The number of sulfonamides is 1. The van der Waals surface area contributed by atoms with Crippen LogP contribution in [0.5, 0.6) is 0 Å². The summed E-state index contributed by atoms with van der Waals surface area (Å²) in [5.41, 5.74) is 0. The number of hydrogen-bond donors (Lipinski definition) is 2. The van der Waals surface area contributed by atoms with Crippen molar-refractivity contribution in [2.75, 3.05) is 52.7 Å². The molecule has 0 bridgehead atoms. The highest BCUT2D eigenvalue weighted by molar-refractivity contribution is 14.0. The first-order valence-electron chi connectivity index (χ1n) is 7.95. The summed E-state index contributed by atoms with van der Waals surface area (Å²) < 4.78 is 30.7. The second-order valence-electron chi connectivity index (χ2n) is 5.57. The van der Waals surface area contributed by atoms with Crippen molar-refractivity contribution >= 4 is 40.0 Å². The molecule has 1 aliphatic rings. The molecule has 7 nitrogen and oxygen atoms in total. The van der Waals surface area contributed by atoms with Gasteiger partial charge in [-0.05, 0) is 32.1 Å². The Labute approximate surface area is 157 Å². The standard InChI is InChI=1S/C14H30N4O3S.HI/c1-4-22(19,20)17-9-5-8-16-14(15-2)18(3)10-11-21-12-13-6-7-13;/h13,17H,4-12H2,1-3H3,(H,15,16);1H. The lowest BCUT2D eigenvalue weighted by Crippen LogP contribution is -2.41. The fourth-order valence-corrected chi connectivity index (χ4v) is 2.50. The maximum Gasteiger partial charge on any atom is 0.211 e. The van der Waals surface area contributed by atoms with Gasteiger partial charge in [0.25, 0.3) is 0 Å². The van der Waals surface area contributed by atoms with Gasteiger partial charge in [-0.2, -0.15) is 0 Å². The highest BCUT2D eigenvalue weighted by Crippen LogP contribution is 2.28. The number of ether oxygens (including phenoxy) is 1. The minimum Gasteiger partial charge on any atom is -0.379 e. The predicted molar refractivity (Wildman–Crippen MR) is 105 cm³/mol. The predicted octanol–water partition coefficient (Wildman–Crippen LogP) is 0.868. The second-order valence-corrected chi connectivity index (χ2v) is 7.66. The van der Waals surface area contributed by atoms with Crippen molar-refractivity contribution in [3.8, 4) is 0 Å². The first kappa shape index (κ1) is 22.9. The van der Waals surface area contributed by atoms with Gasteiger partial charge in [-0.15, -0.1) is 24.0 Å². The first-order chi connectivity index (χ1) is 10.5. The lowest BCUT2D eigenvalue weighted by atomic mass is 10.4. The Kier molecular flexibility index (Phi) is 12.2. The number of aliphatic imine (C=N–C) groups is 1. The van der Waals surface area contributed by atoms with E-state index >= 15 is 0 Å². The van der Waals surface area contributed by atoms with E-state index in [1.165, 1.54) is 12.8 Å². The number of nitrogens with one attached hydrogen (secondary N) is 2. The average Bonchev–Trinajstić information content (AvgIpc) is 3.31. The third-order valence-electron chi connectivity index (χ3n) is 3.53. The number of guanidine groups is 1. The van der Waals surface area contributed by atoms with Crippen molar-refractivity contribution in [3.63, 3.8) is 0 Å².